The van der Waals surface area contributed by atoms with E-state index >= 15 is 0 Å². The van der Waals surface area contributed by atoms with Gasteiger partial charge in [0.2, 0.25) is 0 Å². The minimum atomic E-state index is 0.343. The minimum Gasteiger partial charge on any atom is -0.495 e. The second kappa shape index (κ2) is 6.21. The van der Waals surface area contributed by atoms with E-state index in [0.717, 1.165) is 11.3 Å². The van der Waals surface area contributed by atoms with Crippen molar-refractivity contribution in [1.29, 1.82) is 0 Å². The summed E-state index contributed by atoms with van der Waals surface area (Å²) in [4.78, 5) is 12.5. The van der Waals surface area contributed by atoms with E-state index in [2.05, 4.69) is 25.4 Å². The second-order valence-corrected chi connectivity index (χ2v) is 5.27. The van der Waals surface area contributed by atoms with Crippen molar-refractivity contribution in [2.45, 2.75) is 13.8 Å². The van der Waals surface area contributed by atoms with Gasteiger partial charge in [0.25, 0.3) is 5.89 Å². The maximum atomic E-state index is 6.13. The summed E-state index contributed by atoms with van der Waals surface area (Å²) >= 11 is 6.13. The monoisotopic (exact) mass is 331 g/mol. The molecule has 23 heavy (non-hydrogen) atoms. The smallest absolute Gasteiger partial charge is 0.263 e. The number of nitrogens with one attached hydrogen (secondary N) is 1. The molecule has 0 aliphatic carbocycles. The van der Waals surface area contributed by atoms with Crippen molar-refractivity contribution in [2.24, 2.45) is 0 Å². The van der Waals surface area contributed by atoms with Gasteiger partial charge in [0, 0.05) is 17.3 Å². The van der Waals surface area contributed by atoms with E-state index in [1.165, 1.54) is 6.33 Å². The molecule has 0 amide bonds. The molecule has 3 rings (SSSR count). The zero-order valence-electron chi connectivity index (χ0n) is 12.8. The zero-order valence-corrected chi connectivity index (χ0v) is 13.5. The van der Waals surface area contributed by atoms with Gasteiger partial charge in [-0.2, -0.15) is 4.98 Å². The van der Waals surface area contributed by atoms with Crippen LogP contribution < -0.4 is 10.1 Å². The molecule has 3 aromatic rings. The van der Waals surface area contributed by atoms with Crippen LogP contribution in [0.4, 0.5) is 11.5 Å². The van der Waals surface area contributed by atoms with Crippen molar-refractivity contribution in [1.82, 2.24) is 20.1 Å². The summed E-state index contributed by atoms with van der Waals surface area (Å²) < 4.78 is 10.6. The van der Waals surface area contributed by atoms with E-state index in [1.54, 1.807) is 26.3 Å². The number of methoxy groups -OCH3 is 1. The average Bonchev–Trinajstić information content (AvgIpc) is 2.97. The van der Waals surface area contributed by atoms with Gasteiger partial charge >= 0.3 is 0 Å². The second-order valence-electron chi connectivity index (χ2n) is 4.86. The minimum absolute atomic E-state index is 0.343. The summed E-state index contributed by atoms with van der Waals surface area (Å²) in [6.07, 6.45) is 3.04. The number of rotatable bonds is 4. The van der Waals surface area contributed by atoms with Gasteiger partial charge in [-0.25, -0.2) is 9.97 Å². The van der Waals surface area contributed by atoms with Crippen LogP contribution in [0, 0.1) is 13.8 Å². The number of nitrogens with zero attached hydrogens (tertiary/aromatic N) is 4. The predicted octanol–water partition coefficient (Wildman–Crippen LogP) is 3.55. The summed E-state index contributed by atoms with van der Waals surface area (Å²) in [7, 11) is 1.58. The summed E-state index contributed by atoms with van der Waals surface area (Å²) in [5, 5.41) is 7.62. The molecule has 0 aliphatic rings. The Morgan fingerprint density at radius 1 is 1.26 bits per heavy atom. The van der Waals surface area contributed by atoms with Crippen molar-refractivity contribution in [3.63, 3.8) is 0 Å². The van der Waals surface area contributed by atoms with Crippen LogP contribution in [-0.2, 0) is 0 Å². The molecule has 0 aliphatic heterocycles. The molecular weight excluding hydrogens is 318 g/mol. The van der Waals surface area contributed by atoms with E-state index in [4.69, 9.17) is 20.9 Å². The highest BCUT2D eigenvalue weighted by Crippen LogP contribution is 2.34. The fraction of sp³-hybridized carbons (Fsp3) is 0.200. The molecule has 0 bridgehead atoms. The maximum absolute atomic E-state index is 6.13. The zero-order chi connectivity index (χ0) is 16.4. The summed E-state index contributed by atoms with van der Waals surface area (Å²) in [5.41, 5.74) is 2.24. The van der Waals surface area contributed by atoms with E-state index in [-0.39, 0.29) is 0 Å². The lowest BCUT2D eigenvalue weighted by atomic mass is 10.2. The maximum Gasteiger partial charge on any atom is 0.263 e. The SMILES string of the molecule is COc1cc(Cl)c(C)cc1Nc1ncncc1-c1nc(C)no1. The molecule has 0 unspecified atom stereocenters. The number of benzene rings is 1. The van der Waals surface area contributed by atoms with E-state index < -0.39 is 0 Å². The largest absolute Gasteiger partial charge is 0.495 e. The van der Waals surface area contributed by atoms with Crippen LogP contribution in [0.3, 0.4) is 0 Å². The number of halogens is 1. The number of aromatic nitrogens is 4. The Morgan fingerprint density at radius 3 is 2.78 bits per heavy atom. The third-order valence-corrected chi connectivity index (χ3v) is 3.61. The van der Waals surface area contributed by atoms with Gasteiger partial charge in [-0.3, -0.25) is 0 Å². The van der Waals surface area contributed by atoms with Crippen molar-refractivity contribution in [3.05, 3.63) is 41.1 Å². The molecule has 0 radical (unpaired) electrons. The quantitative estimate of drug-likeness (QED) is 0.782. The lowest BCUT2D eigenvalue weighted by Gasteiger charge is -2.13. The van der Waals surface area contributed by atoms with Crippen LogP contribution in [-0.4, -0.2) is 27.2 Å². The number of anilines is 2. The van der Waals surface area contributed by atoms with Crippen LogP contribution >= 0.6 is 11.6 Å². The third kappa shape index (κ3) is 3.09. The summed E-state index contributed by atoms with van der Waals surface area (Å²) in [6.45, 7) is 3.66. The molecule has 8 heteroatoms. The van der Waals surface area contributed by atoms with E-state index in [1.807, 2.05) is 13.0 Å². The van der Waals surface area contributed by atoms with Crippen molar-refractivity contribution in [3.8, 4) is 17.2 Å². The molecule has 1 aromatic carbocycles. The van der Waals surface area contributed by atoms with Crippen LogP contribution in [0.25, 0.3) is 11.5 Å². The van der Waals surface area contributed by atoms with Crippen LogP contribution in [0.5, 0.6) is 5.75 Å². The summed E-state index contributed by atoms with van der Waals surface area (Å²) in [6, 6.07) is 3.63. The highest BCUT2D eigenvalue weighted by Gasteiger charge is 2.15. The Labute approximate surface area is 137 Å². The first kappa shape index (κ1) is 15.2. The molecule has 2 heterocycles. The topological polar surface area (TPSA) is 86.0 Å². The number of ether oxygens (including phenoxy) is 1. The molecule has 1 N–H and O–H groups in total. The third-order valence-electron chi connectivity index (χ3n) is 3.20. The number of hydrogen-bond acceptors (Lipinski definition) is 7. The molecule has 7 nitrogen and oxygen atoms in total. The van der Waals surface area contributed by atoms with Gasteiger partial charge in [-0.15, -0.1) is 0 Å². The molecule has 0 spiro atoms. The first-order chi connectivity index (χ1) is 11.1. The first-order valence-corrected chi connectivity index (χ1v) is 7.18. The highest BCUT2D eigenvalue weighted by molar-refractivity contribution is 6.31. The van der Waals surface area contributed by atoms with Crippen molar-refractivity contribution < 1.29 is 9.26 Å². The lowest BCUT2D eigenvalue weighted by molar-refractivity contribution is 0.416. The van der Waals surface area contributed by atoms with Crippen LogP contribution in [0.2, 0.25) is 5.02 Å². The highest BCUT2D eigenvalue weighted by atomic mass is 35.5. The van der Waals surface area contributed by atoms with Gasteiger partial charge < -0.3 is 14.6 Å². The normalized spacial score (nSPS) is 10.6. The van der Waals surface area contributed by atoms with Gasteiger partial charge in [-0.1, -0.05) is 16.8 Å². The number of aryl methyl sites for hydroxylation is 2. The van der Waals surface area contributed by atoms with Crippen molar-refractivity contribution in [2.75, 3.05) is 12.4 Å². The van der Waals surface area contributed by atoms with Gasteiger partial charge in [-0.05, 0) is 25.5 Å². The molecule has 0 atom stereocenters. The van der Waals surface area contributed by atoms with E-state index in [9.17, 15) is 0 Å². The molecule has 0 saturated carbocycles. The fourth-order valence-corrected chi connectivity index (χ4v) is 2.20. The molecule has 118 valence electrons. The summed E-state index contributed by atoms with van der Waals surface area (Å²) in [5.74, 6) is 2.01. The fourth-order valence-electron chi connectivity index (χ4n) is 2.05. The standard InChI is InChI=1S/C15H14ClN5O2/c1-8-4-12(13(22-3)5-11(8)16)20-14-10(6-17-7-18-14)15-19-9(2)21-23-15/h4-7H,1-3H3,(H,17,18,20). The Kier molecular flexibility index (Phi) is 4.12. The average molecular weight is 332 g/mol. The Balaban J connectivity index is 2.03. The van der Waals surface area contributed by atoms with Crippen LogP contribution in [0.15, 0.2) is 29.2 Å². The number of hydrogen-bond donors (Lipinski definition) is 1. The van der Waals surface area contributed by atoms with Gasteiger partial charge in [0.1, 0.15) is 23.5 Å². The molecule has 2 aromatic heterocycles. The predicted molar refractivity (Wildman–Crippen MR) is 86.1 cm³/mol. The molecule has 0 saturated heterocycles. The van der Waals surface area contributed by atoms with Crippen molar-refractivity contribution >= 4 is 23.1 Å². The Morgan fingerprint density at radius 2 is 2.09 bits per heavy atom. The van der Waals surface area contributed by atoms with Crippen LogP contribution in [0.1, 0.15) is 11.4 Å². The molecular formula is C15H14ClN5O2. The first-order valence-electron chi connectivity index (χ1n) is 6.80. The van der Waals surface area contributed by atoms with Gasteiger partial charge in [0.15, 0.2) is 5.82 Å². The molecule has 0 fully saturated rings. The lowest BCUT2D eigenvalue weighted by Crippen LogP contribution is -2.00. The van der Waals surface area contributed by atoms with E-state index in [0.29, 0.717) is 33.9 Å². The Hall–Kier alpha value is -2.67. The van der Waals surface area contributed by atoms with Gasteiger partial charge in [0.05, 0.1) is 12.8 Å². The Bertz CT molecular complexity index is 850.